The minimum atomic E-state index is -0.0992. The Hall–Kier alpha value is -4.37. The van der Waals surface area contributed by atoms with Gasteiger partial charge >= 0.3 is 0 Å². The molecule has 44 heavy (non-hydrogen) atoms. The summed E-state index contributed by atoms with van der Waals surface area (Å²) in [5.74, 6) is 1.44. The molecule has 5 aromatic rings. The first-order valence-electron chi connectivity index (χ1n) is 14.0. The van der Waals surface area contributed by atoms with Gasteiger partial charge in [-0.25, -0.2) is 4.68 Å². The van der Waals surface area contributed by atoms with Crippen molar-refractivity contribution in [3.8, 4) is 28.4 Å². The first kappa shape index (κ1) is 29.7. The lowest BCUT2D eigenvalue weighted by molar-refractivity contribution is -0.122. The molecule has 1 aliphatic heterocycles. The number of nitrogens with zero attached hydrogens (tertiary/aromatic N) is 3. The average Bonchev–Trinajstić information content (AvgIpc) is 3.60. The van der Waals surface area contributed by atoms with E-state index in [0.29, 0.717) is 33.8 Å². The van der Waals surface area contributed by atoms with Gasteiger partial charge in [-0.2, -0.15) is 5.10 Å². The van der Waals surface area contributed by atoms with Crippen molar-refractivity contribution in [2.24, 2.45) is 0 Å². The molecule has 1 aliphatic rings. The lowest BCUT2D eigenvalue weighted by Crippen LogP contribution is -2.30. The molecule has 1 fully saturated rings. The molecule has 4 aromatic carbocycles. The molecule has 0 unspecified atom stereocenters. The van der Waals surface area contributed by atoms with Crippen molar-refractivity contribution in [1.29, 1.82) is 0 Å². The number of hydrogen-bond donors (Lipinski definition) is 0. The van der Waals surface area contributed by atoms with Gasteiger partial charge in [-0.15, -0.1) is 0 Å². The highest BCUT2D eigenvalue weighted by Gasteiger charge is 2.32. The molecule has 1 saturated heterocycles. The Balaban J connectivity index is 1.23. The van der Waals surface area contributed by atoms with Crippen molar-refractivity contribution in [2.75, 3.05) is 13.7 Å². The Morgan fingerprint density at radius 3 is 2.27 bits per heavy atom. The van der Waals surface area contributed by atoms with Crippen LogP contribution in [0.15, 0.2) is 114 Å². The van der Waals surface area contributed by atoms with Gasteiger partial charge in [0.15, 0.2) is 0 Å². The molecule has 0 radical (unpaired) electrons. The first-order valence-corrected chi connectivity index (χ1v) is 15.6. The van der Waals surface area contributed by atoms with Crippen LogP contribution in [0.5, 0.6) is 11.5 Å². The highest BCUT2D eigenvalue weighted by molar-refractivity contribution is 8.26. The van der Waals surface area contributed by atoms with Gasteiger partial charge in [-0.3, -0.25) is 9.69 Å². The summed E-state index contributed by atoms with van der Waals surface area (Å²) >= 11 is 12.9. The van der Waals surface area contributed by atoms with Crippen molar-refractivity contribution >= 4 is 51.9 Å². The summed E-state index contributed by atoms with van der Waals surface area (Å²) in [5, 5.41) is 5.61. The van der Waals surface area contributed by atoms with Gasteiger partial charge in [0.05, 0.1) is 23.4 Å². The maximum Gasteiger partial charge on any atom is 0.266 e. The molecule has 0 N–H and O–H groups in total. The predicted octanol–water partition coefficient (Wildman–Crippen LogP) is 8.22. The van der Waals surface area contributed by atoms with Crippen LogP contribution in [0.1, 0.15) is 16.7 Å². The monoisotopic (exact) mass is 637 g/mol. The second-order valence-electron chi connectivity index (χ2n) is 10.1. The van der Waals surface area contributed by atoms with E-state index in [-0.39, 0.29) is 5.91 Å². The fourth-order valence-corrected chi connectivity index (χ4v) is 6.18. The topological polar surface area (TPSA) is 56.6 Å². The van der Waals surface area contributed by atoms with Crippen LogP contribution in [0, 0.1) is 0 Å². The van der Waals surface area contributed by atoms with Crippen LogP contribution in [0.2, 0.25) is 5.02 Å². The number of carbonyl (C=O) groups is 1. The standard InChI is InChI=1S/C35H28ClN3O3S2/c1-41-30-15-9-24(10-16-30)19-20-38-34(40)32(44-35(38)43)21-27-22-39(29-5-3-2-4-6-29)37-33(27)26-11-17-31(18-12-26)42-23-25-7-13-28(36)14-8-25/h2-18,21-22H,19-20,23H2,1H3/b32-21-. The zero-order valence-electron chi connectivity index (χ0n) is 23.9. The van der Waals surface area contributed by atoms with E-state index in [4.69, 9.17) is 38.4 Å². The number of ether oxygens (including phenoxy) is 2. The van der Waals surface area contributed by atoms with Crippen LogP contribution < -0.4 is 9.47 Å². The Kier molecular flexibility index (Phi) is 9.12. The third kappa shape index (κ3) is 6.89. The van der Waals surface area contributed by atoms with Gasteiger partial charge in [-0.05, 0) is 84.3 Å². The highest BCUT2D eigenvalue weighted by atomic mass is 35.5. The summed E-state index contributed by atoms with van der Waals surface area (Å²) < 4.78 is 13.6. The van der Waals surface area contributed by atoms with E-state index in [1.807, 2.05) is 120 Å². The molecule has 0 bridgehead atoms. The number of methoxy groups -OCH3 is 1. The smallest absolute Gasteiger partial charge is 0.266 e. The van der Waals surface area contributed by atoms with Crippen molar-refractivity contribution in [2.45, 2.75) is 13.0 Å². The van der Waals surface area contributed by atoms with Crippen LogP contribution in [0.3, 0.4) is 0 Å². The van der Waals surface area contributed by atoms with E-state index in [1.165, 1.54) is 11.8 Å². The summed E-state index contributed by atoms with van der Waals surface area (Å²) in [6.45, 7) is 0.937. The van der Waals surface area contributed by atoms with E-state index in [1.54, 1.807) is 12.0 Å². The largest absolute Gasteiger partial charge is 0.497 e. The summed E-state index contributed by atoms with van der Waals surface area (Å²) in [7, 11) is 1.64. The second-order valence-corrected chi connectivity index (χ2v) is 12.2. The number of para-hydroxylation sites is 1. The summed E-state index contributed by atoms with van der Waals surface area (Å²) in [6, 6.07) is 33.1. The van der Waals surface area contributed by atoms with Crippen LogP contribution in [-0.4, -0.2) is 38.6 Å². The summed E-state index contributed by atoms with van der Waals surface area (Å²) in [4.78, 5) is 15.7. The Bertz CT molecular complexity index is 1800. The molecule has 2 heterocycles. The number of rotatable bonds is 10. The van der Waals surface area contributed by atoms with Gasteiger partial charge in [-0.1, -0.05) is 78.0 Å². The van der Waals surface area contributed by atoms with Crippen molar-refractivity contribution in [1.82, 2.24) is 14.7 Å². The highest BCUT2D eigenvalue weighted by Crippen LogP contribution is 2.35. The number of hydrogen-bond acceptors (Lipinski definition) is 6. The van der Waals surface area contributed by atoms with Gasteiger partial charge < -0.3 is 9.47 Å². The van der Waals surface area contributed by atoms with Crippen LogP contribution in [0.4, 0.5) is 0 Å². The number of carbonyl (C=O) groups excluding carboxylic acids is 1. The molecule has 6 rings (SSSR count). The van der Waals surface area contributed by atoms with Gasteiger partial charge in [0.2, 0.25) is 0 Å². The van der Waals surface area contributed by atoms with Gasteiger partial charge in [0.25, 0.3) is 5.91 Å². The lowest BCUT2D eigenvalue weighted by atomic mass is 10.1. The molecule has 9 heteroatoms. The molecular weight excluding hydrogens is 610 g/mol. The van der Waals surface area contributed by atoms with E-state index >= 15 is 0 Å². The average molecular weight is 638 g/mol. The van der Waals surface area contributed by atoms with Gasteiger partial charge in [0, 0.05) is 28.9 Å². The van der Waals surface area contributed by atoms with E-state index in [2.05, 4.69) is 0 Å². The number of aromatic nitrogens is 2. The predicted molar refractivity (Wildman–Crippen MR) is 181 cm³/mol. The van der Waals surface area contributed by atoms with Crippen molar-refractivity contribution < 1.29 is 14.3 Å². The fourth-order valence-electron chi connectivity index (χ4n) is 4.75. The first-order chi connectivity index (χ1) is 21.5. The van der Waals surface area contributed by atoms with Gasteiger partial charge in [0.1, 0.15) is 22.4 Å². The molecule has 0 atom stereocenters. The van der Waals surface area contributed by atoms with Crippen LogP contribution >= 0.6 is 35.6 Å². The summed E-state index contributed by atoms with van der Waals surface area (Å²) in [5.41, 5.74) is 5.53. The van der Waals surface area contributed by atoms with E-state index < -0.39 is 0 Å². The zero-order chi connectivity index (χ0) is 30.5. The second kappa shape index (κ2) is 13.5. The normalized spacial score (nSPS) is 14.0. The molecule has 0 saturated carbocycles. The third-order valence-electron chi connectivity index (χ3n) is 7.15. The quantitative estimate of drug-likeness (QED) is 0.114. The zero-order valence-corrected chi connectivity index (χ0v) is 26.2. The van der Waals surface area contributed by atoms with Crippen LogP contribution in [0.25, 0.3) is 23.0 Å². The number of thioether (sulfide) groups is 1. The summed E-state index contributed by atoms with van der Waals surface area (Å²) in [6.07, 6.45) is 4.52. The Morgan fingerprint density at radius 2 is 1.57 bits per heavy atom. The fraction of sp³-hybridized carbons (Fsp3) is 0.114. The molecule has 1 amide bonds. The number of thiocarbonyl (C=S) groups is 1. The minimum absolute atomic E-state index is 0.0992. The Labute approximate surface area is 270 Å². The van der Waals surface area contributed by atoms with Crippen molar-refractivity contribution in [3.05, 3.63) is 136 Å². The van der Waals surface area contributed by atoms with E-state index in [9.17, 15) is 4.79 Å². The Morgan fingerprint density at radius 1 is 0.886 bits per heavy atom. The van der Waals surface area contributed by atoms with Crippen LogP contribution in [-0.2, 0) is 17.8 Å². The molecule has 6 nitrogen and oxygen atoms in total. The number of benzene rings is 4. The number of halogens is 1. The maximum absolute atomic E-state index is 13.5. The maximum atomic E-state index is 13.5. The molecule has 0 aliphatic carbocycles. The van der Waals surface area contributed by atoms with Crippen molar-refractivity contribution in [3.63, 3.8) is 0 Å². The molecular formula is C35H28ClN3O3S2. The lowest BCUT2D eigenvalue weighted by Gasteiger charge is -2.14. The third-order valence-corrected chi connectivity index (χ3v) is 8.78. The molecule has 0 spiro atoms. The molecule has 1 aromatic heterocycles. The molecule has 220 valence electrons. The van der Waals surface area contributed by atoms with E-state index in [0.717, 1.165) is 45.1 Å². The number of amides is 1. The SMILES string of the molecule is COc1ccc(CCN2C(=O)/C(=C/c3cn(-c4ccccc4)nc3-c3ccc(OCc4ccc(Cl)cc4)cc3)SC2=S)cc1. The minimum Gasteiger partial charge on any atom is -0.497 e.